The minimum atomic E-state index is 0.509. The Morgan fingerprint density at radius 1 is 1.25 bits per heavy atom. The van der Waals surface area contributed by atoms with E-state index in [0.29, 0.717) is 10.6 Å². The fraction of sp³-hybridized carbons (Fsp3) is 0.217. The van der Waals surface area contributed by atoms with E-state index in [1.807, 2.05) is 41.8 Å². The SMILES string of the molecule is CCCCc1ccc(N/C=C(/C#N)c2nc(-c3cccc(OC)c3)cs2)cc1. The number of nitrogens with zero attached hydrogens (tertiary/aromatic N) is 2. The van der Waals surface area contributed by atoms with Crippen LogP contribution in [-0.2, 0) is 6.42 Å². The summed E-state index contributed by atoms with van der Waals surface area (Å²) >= 11 is 1.45. The molecule has 0 unspecified atom stereocenters. The van der Waals surface area contributed by atoms with E-state index in [2.05, 4.69) is 35.4 Å². The standard InChI is InChI=1S/C23H23N3OS/c1-3-4-6-17-9-11-20(12-10-17)25-15-19(14-24)23-26-22(16-28-23)18-7-5-8-21(13-18)27-2/h5,7-13,15-16,25H,3-4,6H2,1-2H3/b19-15-. The molecule has 3 rings (SSSR count). The number of ether oxygens (including phenoxy) is 1. The molecule has 5 heteroatoms. The van der Waals surface area contributed by atoms with Crippen molar-refractivity contribution in [3.63, 3.8) is 0 Å². The van der Waals surface area contributed by atoms with Gasteiger partial charge < -0.3 is 10.1 Å². The summed E-state index contributed by atoms with van der Waals surface area (Å²) in [5, 5.41) is 15.4. The number of anilines is 1. The van der Waals surface area contributed by atoms with Gasteiger partial charge in [-0.3, -0.25) is 0 Å². The number of hydrogen-bond donors (Lipinski definition) is 1. The number of unbranched alkanes of at least 4 members (excludes halogenated alkanes) is 1. The van der Waals surface area contributed by atoms with Crippen molar-refractivity contribution in [3.05, 3.63) is 70.7 Å². The van der Waals surface area contributed by atoms with Crippen molar-refractivity contribution in [2.24, 2.45) is 0 Å². The molecule has 0 aliphatic heterocycles. The van der Waals surface area contributed by atoms with E-state index < -0.39 is 0 Å². The van der Waals surface area contributed by atoms with Crippen LogP contribution in [0.15, 0.2) is 60.1 Å². The third-order valence-electron chi connectivity index (χ3n) is 4.38. The third kappa shape index (κ3) is 4.99. The van der Waals surface area contributed by atoms with Gasteiger partial charge in [0, 0.05) is 22.8 Å². The molecule has 0 fully saturated rings. The first kappa shape index (κ1) is 19.7. The van der Waals surface area contributed by atoms with Crippen LogP contribution < -0.4 is 10.1 Å². The molecule has 1 heterocycles. The maximum atomic E-state index is 9.55. The van der Waals surface area contributed by atoms with Gasteiger partial charge in [0.15, 0.2) is 0 Å². The molecule has 0 radical (unpaired) electrons. The van der Waals surface area contributed by atoms with Crippen LogP contribution in [0, 0.1) is 11.3 Å². The number of rotatable bonds is 8. The van der Waals surface area contributed by atoms with Crippen LogP contribution in [0.1, 0.15) is 30.3 Å². The number of methoxy groups -OCH3 is 1. The second-order valence-electron chi connectivity index (χ2n) is 6.38. The van der Waals surface area contributed by atoms with E-state index in [9.17, 15) is 5.26 Å². The Kier molecular flexibility index (Phi) is 6.83. The van der Waals surface area contributed by atoms with Crippen molar-refractivity contribution in [1.82, 2.24) is 4.98 Å². The van der Waals surface area contributed by atoms with Crippen molar-refractivity contribution in [1.29, 1.82) is 5.26 Å². The quantitative estimate of drug-likeness (QED) is 0.470. The lowest BCUT2D eigenvalue weighted by molar-refractivity contribution is 0.415. The number of thiazole rings is 1. The average molecular weight is 390 g/mol. The summed E-state index contributed by atoms with van der Waals surface area (Å²) in [5.74, 6) is 0.784. The third-order valence-corrected chi connectivity index (χ3v) is 5.25. The highest BCUT2D eigenvalue weighted by molar-refractivity contribution is 7.11. The van der Waals surface area contributed by atoms with Crippen molar-refractivity contribution in [2.75, 3.05) is 12.4 Å². The molecule has 4 nitrogen and oxygen atoms in total. The molecule has 0 spiro atoms. The van der Waals surface area contributed by atoms with Crippen LogP contribution in [0.2, 0.25) is 0 Å². The summed E-state index contributed by atoms with van der Waals surface area (Å²) in [7, 11) is 1.64. The molecule has 0 aliphatic rings. The van der Waals surface area contributed by atoms with Crippen LogP contribution in [0.5, 0.6) is 5.75 Å². The lowest BCUT2D eigenvalue weighted by atomic mass is 10.1. The van der Waals surface area contributed by atoms with E-state index in [1.165, 1.54) is 29.7 Å². The molecule has 3 aromatic rings. The summed E-state index contributed by atoms with van der Waals surface area (Å²) < 4.78 is 5.27. The smallest absolute Gasteiger partial charge is 0.136 e. The van der Waals surface area contributed by atoms with Gasteiger partial charge >= 0.3 is 0 Å². The topological polar surface area (TPSA) is 57.9 Å². The van der Waals surface area contributed by atoms with Crippen LogP contribution in [0.3, 0.4) is 0 Å². The normalized spacial score (nSPS) is 11.1. The molecule has 0 aliphatic carbocycles. The fourth-order valence-corrected chi connectivity index (χ4v) is 3.55. The molecule has 0 amide bonds. The van der Waals surface area contributed by atoms with Gasteiger partial charge in [0.05, 0.1) is 12.8 Å². The molecule has 0 bridgehead atoms. The number of aryl methyl sites for hydroxylation is 1. The zero-order chi connectivity index (χ0) is 19.8. The zero-order valence-corrected chi connectivity index (χ0v) is 16.9. The number of allylic oxidation sites excluding steroid dienone is 1. The lowest BCUT2D eigenvalue weighted by Crippen LogP contribution is -1.92. The minimum Gasteiger partial charge on any atom is -0.497 e. The highest BCUT2D eigenvalue weighted by atomic mass is 32.1. The Balaban J connectivity index is 1.73. The highest BCUT2D eigenvalue weighted by Crippen LogP contribution is 2.28. The molecule has 142 valence electrons. The largest absolute Gasteiger partial charge is 0.497 e. The molecule has 2 aromatic carbocycles. The fourth-order valence-electron chi connectivity index (χ4n) is 2.76. The summed E-state index contributed by atoms with van der Waals surface area (Å²) in [6.07, 6.45) is 5.21. The highest BCUT2D eigenvalue weighted by Gasteiger charge is 2.09. The van der Waals surface area contributed by atoms with Gasteiger partial charge in [-0.05, 0) is 42.7 Å². The first-order valence-corrected chi connectivity index (χ1v) is 10.2. The number of hydrogen-bond acceptors (Lipinski definition) is 5. The Hall–Kier alpha value is -3.10. The second kappa shape index (κ2) is 9.72. The lowest BCUT2D eigenvalue weighted by Gasteiger charge is -2.04. The minimum absolute atomic E-state index is 0.509. The van der Waals surface area contributed by atoms with Gasteiger partial charge in [-0.2, -0.15) is 5.26 Å². The van der Waals surface area contributed by atoms with E-state index >= 15 is 0 Å². The van der Waals surface area contributed by atoms with Crippen LogP contribution in [0.4, 0.5) is 5.69 Å². The van der Waals surface area contributed by atoms with Gasteiger partial charge in [0.25, 0.3) is 0 Å². The van der Waals surface area contributed by atoms with Crippen LogP contribution >= 0.6 is 11.3 Å². The Bertz CT molecular complexity index is 984. The van der Waals surface area contributed by atoms with Crippen molar-refractivity contribution < 1.29 is 4.74 Å². The number of nitrogens with one attached hydrogen (secondary N) is 1. The van der Waals surface area contributed by atoms with E-state index in [-0.39, 0.29) is 0 Å². The summed E-state index contributed by atoms with van der Waals surface area (Å²) in [6, 6.07) is 18.3. The van der Waals surface area contributed by atoms with Gasteiger partial charge in [-0.25, -0.2) is 4.98 Å². The second-order valence-corrected chi connectivity index (χ2v) is 7.24. The summed E-state index contributed by atoms with van der Waals surface area (Å²) in [4.78, 5) is 4.62. The van der Waals surface area contributed by atoms with E-state index in [0.717, 1.165) is 29.1 Å². The molecule has 0 saturated carbocycles. The van der Waals surface area contributed by atoms with Crippen molar-refractivity contribution >= 4 is 22.6 Å². The monoisotopic (exact) mass is 389 g/mol. The average Bonchev–Trinajstić information content (AvgIpc) is 3.24. The van der Waals surface area contributed by atoms with Gasteiger partial charge in [0.2, 0.25) is 0 Å². The first-order chi connectivity index (χ1) is 13.7. The molecule has 0 atom stereocenters. The number of benzene rings is 2. The predicted octanol–water partition coefficient (Wildman–Crippen LogP) is 6.14. The van der Waals surface area contributed by atoms with Crippen molar-refractivity contribution in [3.8, 4) is 23.1 Å². The summed E-state index contributed by atoms with van der Waals surface area (Å²) in [6.45, 7) is 2.20. The molecule has 1 N–H and O–H groups in total. The molecule has 1 aromatic heterocycles. The van der Waals surface area contributed by atoms with Gasteiger partial charge in [-0.1, -0.05) is 37.6 Å². The van der Waals surface area contributed by atoms with Gasteiger partial charge in [-0.15, -0.1) is 11.3 Å². The summed E-state index contributed by atoms with van der Waals surface area (Å²) in [5.41, 5.74) is 4.60. The van der Waals surface area contributed by atoms with Crippen LogP contribution in [-0.4, -0.2) is 12.1 Å². The van der Waals surface area contributed by atoms with Crippen LogP contribution in [0.25, 0.3) is 16.8 Å². The van der Waals surface area contributed by atoms with E-state index in [1.54, 1.807) is 13.3 Å². The molecule has 28 heavy (non-hydrogen) atoms. The van der Waals surface area contributed by atoms with E-state index in [4.69, 9.17) is 4.74 Å². The molecule has 0 saturated heterocycles. The van der Waals surface area contributed by atoms with Crippen molar-refractivity contribution in [2.45, 2.75) is 26.2 Å². The maximum Gasteiger partial charge on any atom is 0.136 e. The Morgan fingerprint density at radius 2 is 2.07 bits per heavy atom. The van der Waals surface area contributed by atoms with Gasteiger partial charge in [0.1, 0.15) is 22.4 Å². The number of nitriles is 1. The Morgan fingerprint density at radius 3 is 2.79 bits per heavy atom. The number of aromatic nitrogens is 1. The molecular weight excluding hydrogens is 366 g/mol. The Labute approximate surface area is 170 Å². The predicted molar refractivity (Wildman–Crippen MR) is 116 cm³/mol. The first-order valence-electron chi connectivity index (χ1n) is 9.29. The maximum absolute atomic E-state index is 9.55. The zero-order valence-electron chi connectivity index (χ0n) is 16.1. The molecular formula is C23H23N3OS.